The molecule has 1 aromatic heterocycles. The molecule has 1 saturated heterocycles. The highest BCUT2D eigenvalue weighted by Gasteiger charge is 2.37. The lowest BCUT2D eigenvalue weighted by atomic mass is 10.1. The number of ether oxygens (including phenoxy) is 1. The fourth-order valence-electron chi connectivity index (χ4n) is 3.13. The zero-order chi connectivity index (χ0) is 19.4. The van der Waals surface area contributed by atoms with E-state index >= 15 is 0 Å². The van der Waals surface area contributed by atoms with Gasteiger partial charge in [0.2, 0.25) is 11.8 Å². The normalized spacial score (nSPS) is 16.8. The van der Waals surface area contributed by atoms with Crippen molar-refractivity contribution in [2.24, 2.45) is 0 Å². The van der Waals surface area contributed by atoms with Gasteiger partial charge in [0.25, 0.3) is 0 Å². The fourth-order valence-corrected chi connectivity index (χ4v) is 3.89. The molecule has 1 fully saturated rings. The second-order valence-corrected chi connectivity index (χ2v) is 7.40. The highest BCUT2D eigenvalue weighted by Crippen LogP contribution is 2.25. The minimum absolute atomic E-state index is 0.0600. The maximum Gasteiger partial charge on any atom is 0.387 e. The summed E-state index contributed by atoms with van der Waals surface area (Å²) in [6, 6.07) is 9.52. The SMILES string of the molecule is CN(Cc1cccs1)C(=O)C1CCC(=O)N1Cc1ccc(OC(F)F)cc1. The quantitative estimate of drug-likeness (QED) is 0.722. The largest absolute Gasteiger partial charge is 0.435 e. The van der Waals surface area contributed by atoms with Gasteiger partial charge in [0, 0.05) is 24.9 Å². The molecule has 0 radical (unpaired) electrons. The Kier molecular flexibility index (Phi) is 6.05. The molecule has 0 aliphatic carbocycles. The Bertz CT molecular complexity index is 781. The van der Waals surface area contributed by atoms with Gasteiger partial charge in [0.05, 0.1) is 6.54 Å². The van der Waals surface area contributed by atoms with Crippen molar-refractivity contribution in [1.82, 2.24) is 9.80 Å². The molecule has 27 heavy (non-hydrogen) atoms. The van der Waals surface area contributed by atoms with Crippen molar-refractivity contribution < 1.29 is 23.1 Å². The number of thiophene rings is 1. The van der Waals surface area contributed by atoms with Crippen LogP contribution >= 0.6 is 11.3 Å². The Morgan fingerprint density at radius 2 is 2.07 bits per heavy atom. The lowest BCUT2D eigenvalue weighted by Gasteiger charge is -2.28. The van der Waals surface area contributed by atoms with Crippen molar-refractivity contribution in [3.8, 4) is 5.75 Å². The predicted octanol–water partition coefficient (Wildman–Crippen LogP) is 3.50. The third-order valence-electron chi connectivity index (χ3n) is 4.46. The Balaban J connectivity index is 1.65. The minimum atomic E-state index is -2.88. The molecule has 5 nitrogen and oxygen atoms in total. The molecule has 144 valence electrons. The maximum atomic E-state index is 12.8. The zero-order valence-electron chi connectivity index (χ0n) is 14.8. The van der Waals surface area contributed by atoms with Crippen LogP contribution in [-0.2, 0) is 22.7 Å². The summed E-state index contributed by atoms with van der Waals surface area (Å²) >= 11 is 1.58. The van der Waals surface area contributed by atoms with Gasteiger partial charge >= 0.3 is 6.61 Å². The summed E-state index contributed by atoms with van der Waals surface area (Å²) in [4.78, 5) is 29.4. The highest BCUT2D eigenvalue weighted by atomic mass is 32.1. The third kappa shape index (κ3) is 4.82. The van der Waals surface area contributed by atoms with Crippen LogP contribution in [0.5, 0.6) is 5.75 Å². The Hall–Kier alpha value is -2.48. The molecule has 2 aromatic rings. The molecule has 2 amide bonds. The maximum absolute atomic E-state index is 12.8. The number of carbonyl (C=O) groups is 2. The smallest absolute Gasteiger partial charge is 0.387 e. The second kappa shape index (κ2) is 8.47. The lowest BCUT2D eigenvalue weighted by molar-refractivity contribution is -0.141. The van der Waals surface area contributed by atoms with E-state index in [1.54, 1.807) is 40.3 Å². The molecule has 1 unspecified atom stereocenters. The molecule has 1 aromatic carbocycles. The molecule has 0 bridgehead atoms. The average molecular weight is 394 g/mol. The third-order valence-corrected chi connectivity index (χ3v) is 5.33. The van der Waals surface area contributed by atoms with E-state index in [0.29, 0.717) is 19.4 Å². The van der Waals surface area contributed by atoms with E-state index in [4.69, 9.17) is 0 Å². The molecule has 1 aliphatic heterocycles. The van der Waals surface area contributed by atoms with E-state index < -0.39 is 12.7 Å². The van der Waals surface area contributed by atoms with Crippen LogP contribution in [0.1, 0.15) is 23.3 Å². The van der Waals surface area contributed by atoms with Crippen molar-refractivity contribution in [3.63, 3.8) is 0 Å². The molecule has 1 atom stereocenters. The number of carbonyl (C=O) groups excluding carboxylic acids is 2. The monoisotopic (exact) mass is 394 g/mol. The van der Waals surface area contributed by atoms with Crippen LogP contribution < -0.4 is 4.74 Å². The number of hydrogen-bond donors (Lipinski definition) is 0. The lowest BCUT2D eigenvalue weighted by Crippen LogP contribution is -2.44. The Labute approximate surface area is 160 Å². The predicted molar refractivity (Wildman–Crippen MR) is 97.4 cm³/mol. The molecule has 0 N–H and O–H groups in total. The standard InChI is InChI=1S/C19H20F2N2O3S/c1-22(12-15-3-2-10-27-15)18(25)16-8-9-17(24)23(16)11-13-4-6-14(7-5-13)26-19(20)21/h2-7,10,16,19H,8-9,11-12H2,1H3. The molecule has 0 spiro atoms. The summed E-state index contributed by atoms with van der Waals surface area (Å²) < 4.78 is 28.8. The number of amides is 2. The Morgan fingerprint density at radius 1 is 1.33 bits per heavy atom. The molecule has 0 saturated carbocycles. The molecule has 3 rings (SSSR count). The van der Waals surface area contributed by atoms with E-state index in [1.807, 2.05) is 17.5 Å². The molecular formula is C19H20F2N2O3S. The first kappa shape index (κ1) is 19.3. The van der Waals surface area contributed by atoms with Crippen LogP contribution in [0.4, 0.5) is 8.78 Å². The van der Waals surface area contributed by atoms with Crippen molar-refractivity contribution in [2.45, 2.75) is 38.6 Å². The molecule has 1 aliphatic rings. The van der Waals surface area contributed by atoms with Gasteiger partial charge in [-0.25, -0.2) is 0 Å². The van der Waals surface area contributed by atoms with Gasteiger partial charge in [0.15, 0.2) is 0 Å². The fraction of sp³-hybridized carbons (Fsp3) is 0.368. The highest BCUT2D eigenvalue weighted by molar-refractivity contribution is 7.09. The van der Waals surface area contributed by atoms with Crippen LogP contribution in [0.2, 0.25) is 0 Å². The van der Waals surface area contributed by atoms with Crippen LogP contribution in [0.25, 0.3) is 0 Å². The number of alkyl halides is 2. The van der Waals surface area contributed by atoms with E-state index in [-0.39, 0.29) is 24.1 Å². The van der Waals surface area contributed by atoms with Crippen LogP contribution in [-0.4, -0.2) is 41.3 Å². The number of hydrogen-bond acceptors (Lipinski definition) is 4. The minimum Gasteiger partial charge on any atom is -0.435 e. The van der Waals surface area contributed by atoms with Gasteiger partial charge in [-0.2, -0.15) is 8.78 Å². The van der Waals surface area contributed by atoms with Crippen molar-refractivity contribution >= 4 is 23.2 Å². The van der Waals surface area contributed by atoms with Gasteiger partial charge in [-0.05, 0) is 35.6 Å². The summed E-state index contributed by atoms with van der Waals surface area (Å²) in [5.74, 6) is -0.109. The van der Waals surface area contributed by atoms with Gasteiger partial charge in [-0.3, -0.25) is 9.59 Å². The molecule has 2 heterocycles. The van der Waals surface area contributed by atoms with Gasteiger partial charge in [0.1, 0.15) is 11.8 Å². The van der Waals surface area contributed by atoms with Crippen molar-refractivity contribution in [2.75, 3.05) is 7.05 Å². The first-order valence-electron chi connectivity index (χ1n) is 8.54. The van der Waals surface area contributed by atoms with Crippen molar-refractivity contribution in [3.05, 3.63) is 52.2 Å². The first-order chi connectivity index (χ1) is 12.9. The number of nitrogens with zero attached hydrogens (tertiary/aromatic N) is 2. The van der Waals surface area contributed by atoms with E-state index in [9.17, 15) is 18.4 Å². The summed E-state index contributed by atoms with van der Waals surface area (Å²) in [6.07, 6.45) is 0.814. The van der Waals surface area contributed by atoms with Gasteiger partial charge in [-0.15, -0.1) is 11.3 Å². The van der Waals surface area contributed by atoms with Crippen LogP contribution in [0, 0.1) is 0 Å². The van der Waals surface area contributed by atoms with Crippen LogP contribution in [0.15, 0.2) is 41.8 Å². The van der Waals surface area contributed by atoms with Crippen LogP contribution in [0.3, 0.4) is 0 Å². The number of likely N-dealkylation sites (N-methyl/N-ethyl adjacent to an activating group) is 1. The number of rotatable bonds is 7. The summed E-state index contributed by atoms with van der Waals surface area (Å²) in [7, 11) is 1.74. The Morgan fingerprint density at radius 3 is 2.70 bits per heavy atom. The van der Waals surface area contributed by atoms with E-state index in [2.05, 4.69) is 4.74 Å². The topological polar surface area (TPSA) is 49.9 Å². The number of halogens is 2. The summed E-state index contributed by atoms with van der Waals surface area (Å²) in [5.41, 5.74) is 0.755. The van der Waals surface area contributed by atoms with E-state index in [0.717, 1.165) is 10.4 Å². The number of benzene rings is 1. The number of likely N-dealkylation sites (tertiary alicyclic amines) is 1. The average Bonchev–Trinajstić information content (AvgIpc) is 3.26. The summed E-state index contributed by atoms with van der Waals surface area (Å²) in [5, 5.41) is 1.96. The summed E-state index contributed by atoms with van der Waals surface area (Å²) in [6.45, 7) is -2.11. The second-order valence-electron chi connectivity index (χ2n) is 6.37. The molecule has 8 heteroatoms. The van der Waals surface area contributed by atoms with Gasteiger partial charge in [-0.1, -0.05) is 18.2 Å². The van der Waals surface area contributed by atoms with Crippen molar-refractivity contribution in [1.29, 1.82) is 0 Å². The molecular weight excluding hydrogens is 374 g/mol. The van der Waals surface area contributed by atoms with E-state index in [1.165, 1.54) is 12.1 Å². The van der Waals surface area contributed by atoms with Gasteiger partial charge < -0.3 is 14.5 Å². The first-order valence-corrected chi connectivity index (χ1v) is 9.42. The zero-order valence-corrected chi connectivity index (χ0v) is 15.6.